The van der Waals surface area contributed by atoms with E-state index in [1.54, 1.807) is 11.0 Å². The van der Waals surface area contributed by atoms with Gasteiger partial charge in [-0.3, -0.25) is 4.79 Å². The third-order valence-electron chi connectivity index (χ3n) is 4.91. The molecule has 142 valence electrons. The van der Waals surface area contributed by atoms with E-state index in [0.29, 0.717) is 13.1 Å². The topological polar surface area (TPSA) is 79.7 Å². The number of rotatable bonds is 1. The van der Waals surface area contributed by atoms with Crippen LogP contribution >= 0.6 is 0 Å². The van der Waals surface area contributed by atoms with Crippen LogP contribution in [0.1, 0.15) is 45.2 Å². The molecule has 1 saturated heterocycles. The molecule has 0 unspecified atom stereocenters. The number of likely N-dealkylation sites (tertiary alicyclic amines) is 1. The first-order chi connectivity index (χ1) is 12.8. The first-order valence-electron chi connectivity index (χ1n) is 9.30. The lowest BCUT2D eigenvalue weighted by molar-refractivity contribution is 0.0203. The quantitative estimate of drug-likeness (QED) is 0.715. The van der Waals surface area contributed by atoms with Crippen LogP contribution in [0.3, 0.4) is 0 Å². The average Bonchev–Trinajstić information content (AvgIpc) is 2.98. The van der Waals surface area contributed by atoms with Crippen molar-refractivity contribution in [3.8, 4) is 0 Å². The van der Waals surface area contributed by atoms with Gasteiger partial charge in [0.15, 0.2) is 0 Å². The number of hydrogen-bond donors (Lipinski definition) is 1. The van der Waals surface area contributed by atoms with Crippen LogP contribution in [0.2, 0.25) is 0 Å². The van der Waals surface area contributed by atoms with Crippen molar-refractivity contribution in [3.05, 3.63) is 46.4 Å². The Labute approximate surface area is 156 Å². The molecule has 1 aliphatic rings. The van der Waals surface area contributed by atoms with Crippen molar-refractivity contribution in [2.45, 2.75) is 45.1 Å². The number of amides is 1. The van der Waals surface area contributed by atoms with E-state index >= 15 is 0 Å². The van der Waals surface area contributed by atoms with Gasteiger partial charge in [0.1, 0.15) is 11.2 Å². The van der Waals surface area contributed by atoms with Gasteiger partial charge in [0.2, 0.25) is 0 Å². The molecule has 1 fully saturated rings. The molecule has 3 aromatic rings. The second kappa shape index (κ2) is 6.40. The van der Waals surface area contributed by atoms with Gasteiger partial charge in [0, 0.05) is 30.5 Å². The predicted molar refractivity (Wildman–Crippen MR) is 103 cm³/mol. The van der Waals surface area contributed by atoms with Crippen molar-refractivity contribution in [2.24, 2.45) is 0 Å². The summed E-state index contributed by atoms with van der Waals surface area (Å²) >= 11 is 0. The number of aromatic nitrogens is 3. The Bertz CT molecular complexity index is 1050. The van der Waals surface area contributed by atoms with E-state index in [1.165, 1.54) is 0 Å². The molecule has 1 amide bonds. The fourth-order valence-corrected chi connectivity index (χ4v) is 3.66. The van der Waals surface area contributed by atoms with Gasteiger partial charge in [-0.15, -0.1) is 0 Å². The van der Waals surface area contributed by atoms with Crippen LogP contribution in [-0.2, 0) is 4.74 Å². The summed E-state index contributed by atoms with van der Waals surface area (Å²) in [5.41, 5.74) is 1.85. The van der Waals surface area contributed by atoms with Crippen LogP contribution in [0.4, 0.5) is 4.79 Å². The first-order valence-corrected chi connectivity index (χ1v) is 9.30. The minimum Gasteiger partial charge on any atom is -0.444 e. The minimum atomic E-state index is -0.498. The summed E-state index contributed by atoms with van der Waals surface area (Å²) in [6, 6.07) is 9.41. The molecule has 1 aromatic carbocycles. The standard InChI is InChI=1S/C20H24N4O3/c1-20(2,3)27-19(26)23-10-8-13(9-11-23)16-12-17(25)21-18-14-6-4-5-7-15(14)22-24(16)18/h4-7,12-13H,8-11H2,1-3H3,(H,21,25). The SMILES string of the molecule is CC(C)(C)OC(=O)N1CCC(c2cc(=O)[nH]c3c4ccccc4nn23)CC1. The summed E-state index contributed by atoms with van der Waals surface area (Å²) in [6.07, 6.45) is 1.27. The van der Waals surface area contributed by atoms with E-state index in [1.807, 2.05) is 49.6 Å². The van der Waals surface area contributed by atoms with Gasteiger partial charge in [0.05, 0.1) is 11.2 Å². The highest BCUT2D eigenvalue weighted by Crippen LogP contribution is 2.29. The van der Waals surface area contributed by atoms with E-state index in [2.05, 4.69) is 10.1 Å². The van der Waals surface area contributed by atoms with Gasteiger partial charge in [0.25, 0.3) is 5.56 Å². The van der Waals surface area contributed by atoms with Crippen molar-refractivity contribution >= 4 is 22.6 Å². The lowest BCUT2D eigenvalue weighted by atomic mass is 9.93. The highest BCUT2D eigenvalue weighted by molar-refractivity contribution is 5.91. The highest BCUT2D eigenvalue weighted by atomic mass is 16.6. The summed E-state index contributed by atoms with van der Waals surface area (Å²) in [5.74, 6) is 0.169. The van der Waals surface area contributed by atoms with Crippen LogP contribution in [0.5, 0.6) is 0 Å². The maximum Gasteiger partial charge on any atom is 0.410 e. The molecule has 0 atom stereocenters. The zero-order valence-electron chi connectivity index (χ0n) is 15.9. The Balaban J connectivity index is 1.61. The van der Waals surface area contributed by atoms with Crippen molar-refractivity contribution in [2.75, 3.05) is 13.1 Å². The number of ether oxygens (including phenoxy) is 1. The molecule has 27 heavy (non-hydrogen) atoms. The molecule has 1 N–H and O–H groups in total. The molecular formula is C20H24N4O3. The Kier molecular flexibility index (Phi) is 4.17. The van der Waals surface area contributed by atoms with Gasteiger partial charge in [-0.05, 0) is 45.7 Å². The lowest BCUT2D eigenvalue weighted by Crippen LogP contribution is -2.41. The largest absolute Gasteiger partial charge is 0.444 e. The van der Waals surface area contributed by atoms with Gasteiger partial charge < -0.3 is 14.6 Å². The molecule has 0 saturated carbocycles. The molecule has 0 bridgehead atoms. The summed E-state index contributed by atoms with van der Waals surface area (Å²) in [6.45, 7) is 6.82. The van der Waals surface area contributed by atoms with Crippen molar-refractivity contribution in [3.63, 3.8) is 0 Å². The van der Waals surface area contributed by atoms with Crippen molar-refractivity contribution < 1.29 is 9.53 Å². The second-order valence-electron chi connectivity index (χ2n) is 8.08. The number of nitrogens with one attached hydrogen (secondary N) is 1. The molecule has 1 aliphatic heterocycles. The predicted octanol–water partition coefficient (Wildman–Crippen LogP) is 3.29. The Hall–Kier alpha value is -2.83. The Morgan fingerprint density at radius 1 is 1.22 bits per heavy atom. The number of piperidine rings is 1. The number of aromatic amines is 1. The number of nitrogens with zero attached hydrogens (tertiary/aromatic N) is 3. The molecule has 4 rings (SSSR count). The molecule has 0 spiro atoms. The molecule has 0 radical (unpaired) electrons. The van der Waals surface area contributed by atoms with Gasteiger partial charge in [-0.1, -0.05) is 12.1 Å². The van der Waals surface area contributed by atoms with E-state index in [4.69, 9.17) is 4.74 Å². The average molecular weight is 368 g/mol. The van der Waals surface area contributed by atoms with E-state index < -0.39 is 5.60 Å². The normalized spacial score (nSPS) is 16.2. The number of carbonyl (C=O) groups is 1. The molecule has 2 aromatic heterocycles. The van der Waals surface area contributed by atoms with Crippen LogP contribution in [0, 0.1) is 0 Å². The van der Waals surface area contributed by atoms with Crippen molar-refractivity contribution in [1.29, 1.82) is 0 Å². The minimum absolute atomic E-state index is 0.127. The Morgan fingerprint density at radius 2 is 1.93 bits per heavy atom. The van der Waals surface area contributed by atoms with E-state index in [9.17, 15) is 9.59 Å². The number of hydrogen-bond acceptors (Lipinski definition) is 4. The number of H-pyrrole nitrogens is 1. The monoisotopic (exact) mass is 368 g/mol. The van der Waals surface area contributed by atoms with Gasteiger partial charge >= 0.3 is 6.09 Å². The molecular weight excluding hydrogens is 344 g/mol. The zero-order valence-corrected chi connectivity index (χ0v) is 15.9. The van der Waals surface area contributed by atoms with Gasteiger partial charge in [-0.2, -0.15) is 5.10 Å². The maximum atomic E-state index is 12.3. The zero-order chi connectivity index (χ0) is 19.2. The van der Waals surface area contributed by atoms with Crippen LogP contribution < -0.4 is 5.56 Å². The summed E-state index contributed by atoms with van der Waals surface area (Å²) in [5, 5.41) is 5.61. The molecule has 0 aliphatic carbocycles. The summed E-state index contributed by atoms with van der Waals surface area (Å²) in [4.78, 5) is 29.2. The van der Waals surface area contributed by atoms with Crippen LogP contribution in [0.25, 0.3) is 16.6 Å². The van der Waals surface area contributed by atoms with Gasteiger partial charge in [-0.25, -0.2) is 9.31 Å². The fourth-order valence-electron chi connectivity index (χ4n) is 3.66. The Morgan fingerprint density at radius 3 is 2.63 bits per heavy atom. The van der Waals surface area contributed by atoms with E-state index in [-0.39, 0.29) is 17.6 Å². The molecule has 7 heteroatoms. The smallest absolute Gasteiger partial charge is 0.410 e. The first kappa shape index (κ1) is 17.6. The molecule has 3 heterocycles. The summed E-state index contributed by atoms with van der Waals surface area (Å²) < 4.78 is 7.31. The van der Waals surface area contributed by atoms with Crippen molar-refractivity contribution in [1.82, 2.24) is 19.5 Å². The number of fused-ring (bicyclic) bond motifs is 3. The third kappa shape index (κ3) is 3.41. The number of benzene rings is 1. The fraction of sp³-hybridized carbons (Fsp3) is 0.450. The lowest BCUT2D eigenvalue weighted by Gasteiger charge is -2.33. The third-order valence-corrected chi connectivity index (χ3v) is 4.91. The van der Waals surface area contributed by atoms with Crippen LogP contribution in [-0.4, -0.2) is 44.3 Å². The second-order valence-corrected chi connectivity index (χ2v) is 8.08. The van der Waals surface area contributed by atoms with Crippen LogP contribution in [0.15, 0.2) is 35.1 Å². The van der Waals surface area contributed by atoms with E-state index in [0.717, 1.165) is 35.1 Å². The molecule has 7 nitrogen and oxygen atoms in total. The highest BCUT2D eigenvalue weighted by Gasteiger charge is 2.29. The maximum absolute atomic E-state index is 12.3. The number of carbonyl (C=O) groups excluding carboxylic acids is 1. The summed E-state index contributed by atoms with van der Waals surface area (Å²) in [7, 11) is 0.